The molecule has 1 aromatic heterocycles. The molecule has 0 spiro atoms. The number of hydrogen-bond donors (Lipinski definition) is 0. The maximum atomic E-state index is 13.1. The van der Waals surface area contributed by atoms with Crippen LogP contribution in [-0.2, 0) is 16.2 Å². The van der Waals surface area contributed by atoms with Crippen molar-refractivity contribution < 1.29 is 21.6 Å². The van der Waals surface area contributed by atoms with Crippen LogP contribution in [0.1, 0.15) is 11.1 Å². The molecular formula is C17H17BrF3N3O2S. The molecule has 2 heterocycles. The molecule has 0 saturated carbocycles. The van der Waals surface area contributed by atoms with Gasteiger partial charge in [-0.2, -0.15) is 17.5 Å². The molecule has 0 aliphatic carbocycles. The van der Waals surface area contributed by atoms with Crippen LogP contribution in [0.5, 0.6) is 0 Å². The lowest BCUT2D eigenvalue weighted by molar-refractivity contribution is -0.138. The van der Waals surface area contributed by atoms with Crippen molar-refractivity contribution in [2.75, 3.05) is 31.1 Å². The SMILES string of the molecule is Cc1ccc(S(=O)(=O)N2CCN(c3ccc(Br)cn3)CC2)cc1C(F)(F)F. The highest BCUT2D eigenvalue weighted by Crippen LogP contribution is 2.34. The van der Waals surface area contributed by atoms with Crippen molar-refractivity contribution in [3.8, 4) is 0 Å². The number of alkyl halides is 3. The lowest BCUT2D eigenvalue weighted by Crippen LogP contribution is -2.48. The van der Waals surface area contributed by atoms with E-state index in [0.717, 1.165) is 10.3 Å². The van der Waals surface area contributed by atoms with Gasteiger partial charge in [0, 0.05) is 36.8 Å². The van der Waals surface area contributed by atoms with Gasteiger partial charge < -0.3 is 4.90 Å². The first-order chi connectivity index (χ1) is 12.6. The van der Waals surface area contributed by atoms with E-state index in [1.54, 1.807) is 6.20 Å². The van der Waals surface area contributed by atoms with Crippen molar-refractivity contribution in [2.24, 2.45) is 0 Å². The molecule has 1 aromatic carbocycles. The number of rotatable bonds is 3. The molecule has 5 nitrogen and oxygen atoms in total. The molecule has 1 fully saturated rings. The van der Waals surface area contributed by atoms with E-state index in [9.17, 15) is 21.6 Å². The summed E-state index contributed by atoms with van der Waals surface area (Å²) in [5, 5.41) is 0. The molecule has 0 bridgehead atoms. The van der Waals surface area contributed by atoms with Crippen LogP contribution in [0.3, 0.4) is 0 Å². The summed E-state index contributed by atoms with van der Waals surface area (Å²) in [6.07, 6.45) is -2.94. The Balaban J connectivity index is 1.78. The summed E-state index contributed by atoms with van der Waals surface area (Å²) in [6, 6.07) is 6.80. The van der Waals surface area contributed by atoms with E-state index in [0.29, 0.717) is 19.2 Å². The van der Waals surface area contributed by atoms with E-state index in [4.69, 9.17) is 0 Å². The van der Waals surface area contributed by atoms with Gasteiger partial charge in [-0.25, -0.2) is 13.4 Å². The average Bonchev–Trinajstić information content (AvgIpc) is 2.62. The molecule has 146 valence electrons. The minimum Gasteiger partial charge on any atom is -0.354 e. The zero-order chi connectivity index (χ0) is 19.8. The average molecular weight is 464 g/mol. The standard InChI is InChI=1S/C17H17BrF3N3O2S/c1-12-2-4-14(10-15(12)17(19,20)21)27(25,26)24-8-6-23(7-9-24)16-5-3-13(18)11-22-16/h2-5,10-11H,6-9H2,1H3. The third kappa shape index (κ3) is 4.27. The third-order valence-corrected chi connectivity index (χ3v) is 6.79. The Morgan fingerprint density at radius 3 is 2.30 bits per heavy atom. The third-order valence-electron chi connectivity index (χ3n) is 4.43. The van der Waals surface area contributed by atoms with Gasteiger partial charge in [0.2, 0.25) is 10.0 Å². The number of sulfonamides is 1. The molecule has 0 radical (unpaired) electrons. The first kappa shape index (κ1) is 20.1. The Bertz CT molecular complexity index is 925. The molecular weight excluding hydrogens is 447 g/mol. The molecule has 0 amide bonds. The zero-order valence-electron chi connectivity index (χ0n) is 14.4. The fourth-order valence-corrected chi connectivity index (χ4v) is 4.61. The Morgan fingerprint density at radius 1 is 1.07 bits per heavy atom. The second-order valence-electron chi connectivity index (χ2n) is 6.20. The Kier molecular flexibility index (Phi) is 5.51. The number of aryl methyl sites for hydroxylation is 1. The van der Waals surface area contributed by atoms with Gasteiger partial charge in [-0.05, 0) is 52.7 Å². The number of piperazine rings is 1. The van der Waals surface area contributed by atoms with E-state index in [1.165, 1.54) is 23.4 Å². The molecule has 0 atom stereocenters. The topological polar surface area (TPSA) is 53.5 Å². The number of halogens is 4. The summed E-state index contributed by atoms with van der Waals surface area (Å²) in [5.74, 6) is 0.727. The largest absolute Gasteiger partial charge is 0.416 e. The predicted octanol–water partition coefficient (Wildman–Crippen LogP) is 3.68. The van der Waals surface area contributed by atoms with Crippen molar-refractivity contribution in [3.63, 3.8) is 0 Å². The minimum absolute atomic E-state index is 0.00687. The van der Waals surface area contributed by atoms with Gasteiger partial charge in [0.25, 0.3) is 0 Å². The molecule has 3 rings (SSSR count). The van der Waals surface area contributed by atoms with Gasteiger partial charge in [-0.15, -0.1) is 0 Å². The molecule has 0 unspecified atom stereocenters. The molecule has 1 aliphatic rings. The molecule has 1 saturated heterocycles. The predicted molar refractivity (Wildman–Crippen MR) is 99.1 cm³/mol. The maximum Gasteiger partial charge on any atom is 0.416 e. The highest BCUT2D eigenvalue weighted by atomic mass is 79.9. The fraction of sp³-hybridized carbons (Fsp3) is 0.353. The maximum absolute atomic E-state index is 13.1. The van der Waals surface area contributed by atoms with Gasteiger partial charge in [-0.1, -0.05) is 6.07 Å². The number of nitrogens with zero attached hydrogens (tertiary/aromatic N) is 3. The Morgan fingerprint density at radius 2 is 1.74 bits per heavy atom. The van der Waals surface area contributed by atoms with Gasteiger partial charge in [0.15, 0.2) is 0 Å². The molecule has 27 heavy (non-hydrogen) atoms. The summed E-state index contributed by atoms with van der Waals surface area (Å²) >= 11 is 3.31. The number of benzene rings is 1. The minimum atomic E-state index is -4.60. The summed E-state index contributed by atoms with van der Waals surface area (Å²) in [7, 11) is -4.00. The second-order valence-corrected chi connectivity index (χ2v) is 9.05. The van der Waals surface area contributed by atoms with E-state index < -0.39 is 21.8 Å². The lowest BCUT2D eigenvalue weighted by atomic mass is 10.1. The summed E-state index contributed by atoms with van der Waals surface area (Å²) in [6.45, 7) is 2.48. The van der Waals surface area contributed by atoms with Gasteiger partial charge >= 0.3 is 6.18 Å². The second kappa shape index (κ2) is 7.40. The van der Waals surface area contributed by atoms with Gasteiger partial charge in [0.05, 0.1) is 10.5 Å². The Labute approximate surface area is 164 Å². The number of hydrogen-bond acceptors (Lipinski definition) is 4. The van der Waals surface area contributed by atoms with E-state index >= 15 is 0 Å². The van der Waals surface area contributed by atoms with Gasteiger partial charge in [-0.3, -0.25) is 0 Å². The van der Waals surface area contributed by atoms with E-state index in [2.05, 4.69) is 20.9 Å². The summed E-state index contributed by atoms with van der Waals surface area (Å²) < 4.78 is 66.9. The molecule has 2 aromatic rings. The van der Waals surface area contributed by atoms with Crippen molar-refractivity contribution in [1.29, 1.82) is 0 Å². The van der Waals surface area contributed by atoms with E-state index in [-0.39, 0.29) is 23.5 Å². The van der Waals surface area contributed by atoms with Crippen molar-refractivity contribution >= 4 is 31.8 Å². The summed E-state index contributed by atoms with van der Waals surface area (Å²) in [4.78, 5) is 5.88. The van der Waals surface area contributed by atoms with Crippen molar-refractivity contribution in [1.82, 2.24) is 9.29 Å². The van der Waals surface area contributed by atoms with E-state index in [1.807, 2.05) is 17.0 Å². The monoisotopic (exact) mass is 463 g/mol. The van der Waals surface area contributed by atoms with Crippen molar-refractivity contribution in [3.05, 3.63) is 52.1 Å². The van der Waals surface area contributed by atoms with Crippen LogP contribution < -0.4 is 4.90 Å². The fourth-order valence-electron chi connectivity index (χ4n) is 2.93. The zero-order valence-corrected chi connectivity index (χ0v) is 16.8. The normalized spacial score (nSPS) is 16.6. The lowest BCUT2D eigenvalue weighted by Gasteiger charge is -2.34. The summed E-state index contributed by atoms with van der Waals surface area (Å²) in [5.41, 5.74) is -0.936. The molecule has 1 aliphatic heterocycles. The quantitative estimate of drug-likeness (QED) is 0.696. The number of pyridine rings is 1. The molecule has 0 N–H and O–H groups in total. The van der Waals surface area contributed by atoms with Crippen LogP contribution in [0.25, 0.3) is 0 Å². The van der Waals surface area contributed by atoms with Crippen LogP contribution in [-0.4, -0.2) is 43.9 Å². The van der Waals surface area contributed by atoms with Crippen LogP contribution in [0, 0.1) is 6.92 Å². The smallest absolute Gasteiger partial charge is 0.354 e. The van der Waals surface area contributed by atoms with Crippen molar-refractivity contribution in [2.45, 2.75) is 18.0 Å². The molecule has 10 heteroatoms. The van der Waals surface area contributed by atoms with Crippen LogP contribution in [0.4, 0.5) is 19.0 Å². The number of aromatic nitrogens is 1. The Hall–Kier alpha value is -1.65. The van der Waals surface area contributed by atoms with Gasteiger partial charge in [0.1, 0.15) is 5.82 Å². The van der Waals surface area contributed by atoms with Crippen LogP contribution in [0.2, 0.25) is 0 Å². The number of anilines is 1. The highest BCUT2D eigenvalue weighted by Gasteiger charge is 2.35. The van der Waals surface area contributed by atoms with Crippen LogP contribution in [0.15, 0.2) is 45.9 Å². The highest BCUT2D eigenvalue weighted by molar-refractivity contribution is 9.10. The first-order valence-corrected chi connectivity index (χ1v) is 10.4. The first-order valence-electron chi connectivity index (χ1n) is 8.13. The van der Waals surface area contributed by atoms with Crippen LogP contribution >= 0.6 is 15.9 Å².